The zero-order chi connectivity index (χ0) is 24.6. The normalized spacial score (nSPS) is 16.2. The van der Waals surface area contributed by atoms with E-state index in [0.717, 1.165) is 11.3 Å². The first-order valence-corrected chi connectivity index (χ1v) is 11.5. The third-order valence-electron chi connectivity index (χ3n) is 5.53. The number of primary amides is 1. The molecule has 8 nitrogen and oxygen atoms in total. The molecule has 0 unspecified atom stereocenters. The molecule has 0 saturated carbocycles. The Morgan fingerprint density at radius 3 is 2.71 bits per heavy atom. The molecule has 1 aliphatic rings. The summed E-state index contributed by atoms with van der Waals surface area (Å²) in [5.41, 5.74) is 5.89. The lowest BCUT2D eigenvalue weighted by Gasteiger charge is -2.18. The number of aromatic nitrogens is 1. The number of pyridine rings is 1. The van der Waals surface area contributed by atoms with Crippen molar-refractivity contribution >= 4 is 34.0 Å². The molecule has 0 aliphatic carbocycles. The number of amides is 2. The number of likely N-dealkylation sites (tertiary alicyclic amines) is 1. The average Bonchev–Trinajstić information content (AvgIpc) is 3.30. The number of β-amino-alcohol motifs (C(OH)–C–C–N with tert-alkyl or cyclic N) is 1. The summed E-state index contributed by atoms with van der Waals surface area (Å²) >= 11 is 1.15. The highest BCUT2D eigenvalue weighted by Crippen LogP contribution is 2.38. The van der Waals surface area contributed by atoms with Crippen molar-refractivity contribution in [1.82, 2.24) is 9.88 Å². The molecule has 10 heteroatoms. The molecule has 0 spiro atoms. The van der Waals surface area contributed by atoms with E-state index in [1.165, 1.54) is 17.0 Å². The smallest absolute Gasteiger partial charge is 0.251 e. The predicted molar refractivity (Wildman–Crippen MR) is 127 cm³/mol. The van der Waals surface area contributed by atoms with Crippen molar-refractivity contribution in [3.8, 4) is 10.4 Å². The third-order valence-corrected chi connectivity index (χ3v) is 6.62. The Morgan fingerprint density at radius 2 is 2.09 bits per heavy atom. The minimum atomic E-state index is -1.19. The zero-order valence-electron chi connectivity index (χ0n) is 18.7. The molecular formula is C24H25FN4O4S. The number of carbonyl (C=O) groups excluding carboxylic acids is 2. The molecule has 3 heterocycles. The summed E-state index contributed by atoms with van der Waals surface area (Å²) < 4.78 is 14.8. The number of aliphatic hydroxyl groups excluding tert-OH is 1. The fourth-order valence-corrected chi connectivity index (χ4v) is 4.85. The van der Waals surface area contributed by atoms with Crippen molar-refractivity contribution < 1.29 is 24.2 Å². The van der Waals surface area contributed by atoms with Crippen LogP contribution in [-0.2, 0) is 16.9 Å². The van der Waals surface area contributed by atoms with Crippen LogP contribution in [0.15, 0.2) is 42.5 Å². The van der Waals surface area contributed by atoms with Crippen LogP contribution in [-0.4, -0.2) is 44.6 Å². The number of hydrogen-bond acceptors (Lipinski definition) is 7. The van der Waals surface area contributed by atoms with Crippen molar-refractivity contribution in [2.75, 3.05) is 11.9 Å². The Kier molecular flexibility index (Phi) is 6.39. The van der Waals surface area contributed by atoms with E-state index in [4.69, 9.17) is 5.73 Å². The quantitative estimate of drug-likeness (QED) is 0.408. The van der Waals surface area contributed by atoms with E-state index in [1.54, 1.807) is 44.2 Å². The molecule has 0 radical (unpaired) electrons. The highest BCUT2D eigenvalue weighted by Gasteiger charge is 2.28. The number of nitrogens with one attached hydrogen (secondary N) is 1. The number of nitrogens with two attached hydrogens (primary N) is 1. The molecule has 4 rings (SSSR count). The second-order valence-corrected chi connectivity index (χ2v) is 9.79. The second kappa shape index (κ2) is 9.13. The largest absolute Gasteiger partial charge is 0.391 e. The van der Waals surface area contributed by atoms with E-state index < -0.39 is 23.4 Å². The minimum Gasteiger partial charge on any atom is -0.391 e. The Balaban J connectivity index is 1.60. The molecule has 2 amide bonds. The Hall–Kier alpha value is -3.34. The van der Waals surface area contributed by atoms with E-state index in [0.29, 0.717) is 27.0 Å². The first kappa shape index (κ1) is 23.8. The lowest BCUT2D eigenvalue weighted by Crippen LogP contribution is -2.25. The van der Waals surface area contributed by atoms with Gasteiger partial charge in [-0.15, -0.1) is 11.3 Å². The lowest BCUT2D eigenvalue weighted by molar-refractivity contribution is -0.128. The highest BCUT2D eigenvalue weighted by atomic mass is 32.1. The Bertz CT molecular complexity index is 1250. The van der Waals surface area contributed by atoms with Gasteiger partial charge < -0.3 is 26.2 Å². The lowest BCUT2D eigenvalue weighted by atomic mass is 9.96. The van der Waals surface area contributed by atoms with Gasteiger partial charge in [0.1, 0.15) is 16.6 Å². The number of halogens is 1. The van der Waals surface area contributed by atoms with E-state index >= 15 is 0 Å². The van der Waals surface area contributed by atoms with Gasteiger partial charge in [-0.25, -0.2) is 9.37 Å². The van der Waals surface area contributed by atoms with E-state index in [1.807, 2.05) is 0 Å². The van der Waals surface area contributed by atoms with Crippen LogP contribution in [0, 0.1) is 5.82 Å². The van der Waals surface area contributed by atoms with Gasteiger partial charge >= 0.3 is 0 Å². The number of rotatable bonds is 7. The number of hydrogen-bond donors (Lipinski definition) is 4. The molecular weight excluding hydrogens is 459 g/mol. The standard InChI is InChI=1S/C24H25FN4O4S/c1-24(2,33)13-6-7-16(18(25)8-13)19-10-17(22(26)32)23(34-19)28-20-5-3-4-14(27-20)11-29-12-15(30)9-21(29)31/h3-8,10,15,30,33H,9,11-12H2,1-2H3,(H2,26,32)(H,27,28)/t15-/m1/s1. The fraction of sp³-hybridized carbons (Fsp3) is 0.292. The van der Waals surface area contributed by atoms with Crippen LogP contribution in [0.25, 0.3) is 10.4 Å². The van der Waals surface area contributed by atoms with Crippen LogP contribution >= 0.6 is 11.3 Å². The minimum absolute atomic E-state index is 0.102. The van der Waals surface area contributed by atoms with Gasteiger partial charge in [0.05, 0.1) is 35.9 Å². The van der Waals surface area contributed by atoms with Crippen molar-refractivity contribution in [1.29, 1.82) is 0 Å². The number of carbonyl (C=O) groups is 2. The van der Waals surface area contributed by atoms with Gasteiger partial charge in [-0.1, -0.05) is 18.2 Å². The first-order valence-electron chi connectivity index (χ1n) is 10.7. The fourth-order valence-electron chi connectivity index (χ4n) is 3.75. The maximum absolute atomic E-state index is 14.8. The summed E-state index contributed by atoms with van der Waals surface area (Å²) in [6.45, 7) is 3.66. The molecule has 178 valence electrons. The average molecular weight is 485 g/mol. The first-order chi connectivity index (χ1) is 16.0. The molecule has 1 aliphatic heterocycles. The number of aliphatic hydroxyl groups is 2. The molecule has 5 N–H and O–H groups in total. The number of thiophene rings is 1. The summed E-state index contributed by atoms with van der Waals surface area (Å²) in [6, 6.07) is 11.2. The molecule has 3 aromatic rings. The van der Waals surface area contributed by atoms with Crippen LogP contribution in [0.1, 0.15) is 41.9 Å². The predicted octanol–water partition coefficient (Wildman–Crippen LogP) is 3.11. The molecule has 34 heavy (non-hydrogen) atoms. The molecule has 1 aromatic carbocycles. The Labute approximate surface area is 199 Å². The third kappa shape index (κ3) is 5.09. The van der Waals surface area contributed by atoms with E-state index in [-0.39, 0.29) is 36.5 Å². The Morgan fingerprint density at radius 1 is 1.32 bits per heavy atom. The van der Waals surface area contributed by atoms with E-state index in [9.17, 15) is 24.2 Å². The van der Waals surface area contributed by atoms with Crippen molar-refractivity contribution in [2.24, 2.45) is 5.73 Å². The summed E-state index contributed by atoms with van der Waals surface area (Å²) in [4.78, 5) is 30.5. The zero-order valence-corrected chi connectivity index (χ0v) is 19.5. The summed E-state index contributed by atoms with van der Waals surface area (Å²) in [7, 11) is 0. The van der Waals surface area contributed by atoms with Gasteiger partial charge in [0.2, 0.25) is 5.91 Å². The summed E-state index contributed by atoms with van der Waals surface area (Å²) in [6.07, 6.45) is -0.569. The van der Waals surface area contributed by atoms with Crippen molar-refractivity contribution in [2.45, 2.75) is 38.5 Å². The van der Waals surface area contributed by atoms with Crippen molar-refractivity contribution in [3.05, 3.63) is 65.1 Å². The van der Waals surface area contributed by atoms with Crippen LogP contribution in [0.2, 0.25) is 0 Å². The van der Waals surface area contributed by atoms with Crippen LogP contribution < -0.4 is 11.1 Å². The van der Waals surface area contributed by atoms with Gasteiger partial charge in [0, 0.05) is 17.0 Å². The maximum Gasteiger partial charge on any atom is 0.251 e. The summed E-state index contributed by atoms with van der Waals surface area (Å²) in [5.74, 6) is -0.907. The second-order valence-electron chi connectivity index (χ2n) is 8.74. The van der Waals surface area contributed by atoms with Crippen molar-refractivity contribution in [3.63, 3.8) is 0 Å². The van der Waals surface area contributed by atoms with Gasteiger partial charge in [0.15, 0.2) is 0 Å². The number of nitrogens with zero attached hydrogens (tertiary/aromatic N) is 2. The van der Waals surface area contributed by atoms with E-state index in [2.05, 4.69) is 10.3 Å². The monoisotopic (exact) mass is 484 g/mol. The van der Waals surface area contributed by atoms with Crippen LogP contribution in [0.5, 0.6) is 0 Å². The number of anilines is 2. The van der Waals surface area contributed by atoms with Crippen LogP contribution in [0.3, 0.4) is 0 Å². The molecule has 1 saturated heterocycles. The molecule has 2 aromatic heterocycles. The van der Waals surface area contributed by atoms with Crippen LogP contribution in [0.4, 0.5) is 15.2 Å². The van der Waals surface area contributed by atoms with Gasteiger partial charge in [0.25, 0.3) is 5.91 Å². The highest BCUT2D eigenvalue weighted by molar-refractivity contribution is 7.19. The molecule has 1 atom stereocenters. The summed E-state index contributed by atoms with van der Waals surface area (Å²) in [5, 5.41) is 23.3. The van der Waals surface area contributed by atoms with Gasteiger partial charge in [-0.2, -0.15) is 0 Å². The van der Waals surface area contributed by atoms with Gasteiger partial charge in [-0.05, 0) is 43.7 Å². The topological polar surface area (TPSA) is 129 Å². The SMILES string of the molecule is CC(C)(O)c1ccc(-c2cc(C(N)=O)c(Nc3cccc(CN4C[C@H](O)CC4=O)n3)s2)c(F)c1. The number of benzene rings is 1. The maximum atomic E-state index is 14.8. The molecule has 1 fully saturated rings. The van der Waals surface area contributed by atoms with Gasteiger partial charge in [-0.3, -0.25) is 9.59 Å². The molecule has 0 bridgehead atoms.